The van der Waals surface area contributed by atoms with Crippen LogP contribution < -0.4 is 11.1 Å². The quantitative estimate of drug-likeness (QED) is 0.775. The first-order chi connectivity index (χ1) is 7.29. The average molecular weight is 228 g/mol. The molecule has 0 radical (unpaired) electrons. The summed E-state index contributed by atoms with van der Waals surface area (Å²) in [4.78, 5) is 11.6. The standard InChI is InChI=1S/C12H24N2O2/c1-5-6-9(13)12(7-8-12)14-10(15)16-11(2,3)4/h9H,5-8,13H2,1-4H3,(H,14,15). The van der Waals surface area contributed by atoms with E-state index in [0.29, 0.717) is 0 Å². The number of hydrogen-bond acceptors (Lipinski definition) is 3. The van der Waals surface area contributed by atoms with E-state index < -0.39 is 5.60 Å². The average Bonchev–Trinajstić information content (AvgIpc) is 2.82. The van der Waals surface area contributed by atoms with Gasteiger partial charge in [0.25, 0.3) is 0 Å². The molecule has 1 amide bonds. The Morgan fingerprint density at radius 3 is 2.44 bits per heavy atom. The van der Waals surface area contributed by atoms with Gasteiger partial charge >= 0.3 is 6.09 Å². The highest BCUT2D eigenvalue weighted by atomic mass is 16.6. The van der Waals surface area contributed by atoms with E-state index in [-0.39, 0.29) is 17.7 Å². The highest BCUT2D eigenvalue weighted by Gasteiger charge is 2.49. The molecule has 0 spiro atoms. The highest BCUT2D eigenvalue weighted by Crippen LogP contribution is 2.39. The predicted octanol–water partition coefficient (Wildman–Crippen LogP) is 2.17. The van der Waals surface area contributed by atoms with Gasteiger partial charge in [-0.2, -0.15) is 0 Å². The van der Waals surface area contributed by atoms with Crippen molar-refractivity contribution in [2.24, 2.45) is 5.73 Å². The van der Waals surface area contributed by atoms with Gasteiger partial charge in [-0.1, -0.05) is 13.3 Å². The largest absolute Gasteiger partial charge is 0.444 e. The first-order valence-electron chi connectivity index (χ1n) is 6.06. The molecule has 1 saturated carbocycles. The van der Waals surface area contributed by atoms with E-state index in [0.717, 1.165) is 25.7 Å². The van der Waals surface area contributed by atoms with Crippen molar-refractivity contribution in [1.82, 2.24) is 5.32 Å². The minimum absolute atomic E-state index is 0.0463. The third-order valence-electron chi connectivity index (χ3n) is 2.85. The number of amides is 1. The smallest absolute Gasteiger partial charge is 0.408 e. The van der Waals surface area contributed by atoms with Gasteiger partial charge in [0.05, 0.1) is 5.54 Å². The molecule has 1 aliphatic carbocycles. The molecule has 0 aromatic heterocycles. The van der Waals surface area contributed by atoms with Crippen LogP contribution >= 0.6 is 0 Å². The SMILES string of the molecule is CCCC(N)C1(NC(=O)OC(C)(C)C)CC1. The molecule has 4 nitrogen and oxygen atoms in total. The van der Waals surface area contributed by atoms with Crippen molar-refractivity contribution in [2.45, 2.75) is 70.6 Å². The van der Waals surface area contributed by atoms with E-state index in [1.165, 1.54) is 0 Å². The van der Waals surface area contributed by atoms with Gasteiger partial charge in [-0.3, -0.25) is 0 Å². The number of ether oxygens (including phenoxy) is 1. The predicted molar refractivity (Wildman–Crippen MR) is 64.2 cm³/mol. The van der Waals surface area contributed by atoms with Crippen molar-refractivity contribution in [3.63, 3.8) is 0 Å². The van der Waals surface area contributed by atoms with Crippen LogP contribution in [-0.2, 0) is 4.74 Å². The zero-order chi connectivity index (χ0) is 12.4. The van der Waals surface area contributed by atoms with Crippen LogP contribution in [0.5, 0.6) is 0 Å². The molecule has 94 valence electrons. The third-order valence-corrected chi connectivity index (χ3v) is 2.85. The van der Waals surface area contributed by atoms with Crippen molar-refractivity contribution in [1.29, 1.82) is 0 Å². The molecule has 4 heteroatoms. The lowest BCUT2D eigenvalue weighted by molar-refractivity contribution is 0.0486. The van der Waals surface area contributed by atoms with Crippen molar-refractivity contribution >= 4 is 6.09 Å². The summed E-state index contributed by atoms with van der Waals surface area (Å²) < 4.78 is 5.24. The molecular weight excluding hydrogens is 204 g/mol. The van der Waals surface area contributed by atoms with Gasteiger partial charge in [0.1, 0.15) is 5.60 Å². The molecule has 0 saturated heterocycles. The minimum Gasteiger partial charge on any atom is -0.444 e. The number of hydrogen-bond donors (Lipinski definition) is 2. The summed E-state index contributed by atoms with van der Waals surface area (Å²) in [5.41, 5.74) is 5.42. The van der Waals surface area contributed by atoms with Crippen LogP contribution in [0.3, 0.4) is 0 Å². The van der Waals surface area contributed by atoms with Crippen molar-refractivity contribution < 1.29 is 9.53 Å². The Morgan fingerprint density at radius 1 is 1.50 bits per heavy atom. The maximum atomic E-state index is 11.6. The zero-order valence-corrected chi connectivity index (χ0v) is 10.8. The molecule has 1 atom stereocenters. The van der Waals surface area contributed by atoms with Gasteiger partial charge in [0.2, 0.25) is 0 Å². The minimum atomic E-state index is -0.449. The molecular formula is C12H24N2O2. The van der Waals surface area contributed by atoms with E-state index in [1.807, 2.05) is 20.8 Å². The summed E-state index contributed by atoms with van der Waals surface area (Å²) >= 11 is 0. The lowest BCUT2D eigenvalue weighted by Gasteiger charge is -2.27. The topological polar surface area (TPSA) is 64.3 Å². The van der Waals surface area contributed by atoms with Crippen LogP contribution in [-0.4, -0.2) is 23.3 Å². The molecule has 0 aliphatic heterocycles. The third kappa shape index (κ3) is 3.67. The van der Waals surface area contributed by atoms with E-state index in [2.05, 4.69) is 12.2 Å². The highest BCUT2D eigenvalue weighted by molar-refractivity contribution is 5.69. The number of nitrogens with one attached hydrogen (secondary N) is 1. The van der Waals surface area contributed by atoms with Crippen molar-refractivity contribution in [2.75, 3.05) is 0 Å². The van der Waals surface area contributed by atoms with Crippen LogP contribution in [0.25, 0.3) is 0 Å². The first-order valence-corrected chi connectivity index (χ1v) is 6.06. The fraction of sp³-hybridized carbons (Fsp3) is 0.917. The van der Waals surface area contributed by atoms with Gasteiger partial charge in [-0.25, -0.2) is 4.79 Å². The van der Waals surface area contributed by atoms with Gasteiger partial charge in [0.15, 0.2) is 0 Å². The molecule has 16 heavy (non-hydrogen) atoms. The summed E-state index contributed by atoms with van der Waals surface area (Å²) in [6.07, 6.45) is 3.56. The molecule has 1 fully saturated rings. The Hall–Kier alpha value is -0.770. The lowest BCUT2D eigenvalue weighted by atomic mass is 10.0. The number of nitrogens with two attached hydrogens (primary N) is 1. The summed E-state index contributed by atoms with van der Waals surface area (Å²) in [6.45, 7) is 7.68. The van der Waals surface area contributed by atoms with E-state index in [9.17, 15) is 4.79 Å². The van der Waals surface area contributed by atoms with Crippen LogP contribution in [0, 0.1) is 0 Å². The molecule has 1 aliphatic rings. The fourth-order valence-electron chi connectivity index (χ4n) is 1.82. The number of rotatable bonds is 4. The molecule has 0 bridgehead atoms. The zero-order valence-electron chi connectivity index (χ0n) is 10.8. The maximum absolute atomic E-state index is 11.6. The van der Waals surface area contributed by atoms with Crippen LogP contribution in [0.15, 0.2) is 0 Å². The second-order valence-electron chi connectivity index (χ2n) is 5.68. The molecule has 3 N–H and O–H groups in total. The number of carbonyl (C=O) groups is 1. The molecule has 0 aromatic carbocycles. The van der Waals surface area contributed by atoms with E-state index >= 15 is 0 Å². The van der Waals surface area contributed by atoms with Crippen LogP contribution in [0.4, 0.5) is 4.79 Å². The number of alkyl carbamates (subject to hydrolysis) is 1. The molecule has 0 aromatic rings. The van der Waals surface area contributed by atoms with Crippen molar-refractivity contribution in [3.8, 4) is 0 Å². The summed E-state index contributed by atoms with van der Waals surface area (Å²) in [7, 11) is 0. The van der Waals surface area contributed by atoms with Crippen molar-refractivity contribution in [3.05, 3.63) is 0 Å². The second-order valence-corrected chi connectivity index (χ2v) is 5.68. The molecule has 0 heterocycles. The Balaban J connectivity index is 2.44. The van der Waals surface area contributed by atoms with E-state index in [4.69, 9.17) is 10.5 Å². The Labute approximate surface area is 97.9 Å². The Morgan fingerprint density at radius 2 is 2.06 bits per heavy atom. The van der Waals surface area contributed by atoms with Gasteiger partial charge in [-0.15, -0.1) is 0 Å². The Bertz CT molecular complexity index is 254. The summed E-state index contributed by atoms with van der Waals surface area (Å²) in [5.74, 6) is 0. The van der Waals surface area contributed by atoms with Gasteiger partial charge in [0, 0.05) is 6.04 Å². The Kier molecular flexibility index (Phi) is 3.84. The fourth-order valence-corrected chi connectivity index (χ4v) is 1.82. The second kappa shape index (κ2) is 4.62. The van der Waals surface area contributed by atoms with Crippen LogP contribution in [0.1, 0.15) is 53.4 Å². The summed E-state index contributed by atoms with van der Waals surface area (Å²) in [5, 5.41) is 2.92. The van der Waals surface area contributed by atoms with Crippen LogP contribution in [0.2, 0.25) is 0 Å². The first kappa shape index (κ1) is 13.3. The normalized spacial score (nSPS) is 20.1. The molecule has 1 unspecified atom stereocenters. The van der Waals surface area contributed by atoms with Gasteiger partial charge < -0.3 is 15.8 Å². The maximum Gasteiger partial charge on any atom is 0.408 e. The monoisotopic (exact) mass is 228 g/mol. The summed E-state index contributed by atoms with van der Waals surface area (Å²) in [6, 6.07) is 0.0463. The number of carbonyl (C=O) groups excluding carboxylic acids is 1. The van der Waals surface area contributed by atoms with Gasteiger partial charge in [-0.05, 0) is 40.0 Å². The molecule has 1 rings (SSSR count). The lowest BCUT2D eigenvalue weighted by Crippen LogP contribution is -2.51. The van der Waals surface area contributed by atoms with E-state index in [1.54, 1.807) is 0 Å².